The van der Waals surface area contributed by atoms with Crippen molar-refractivity contribution in [3.63, 3.8) is 0 Å². The minimum absolute atomic E-state index is 0.534. The number of H-pyrrole nitrogens is 2. The van der Waals surface area contributed by atoms with Crippen LogP contribution in [0.4, 0.5) is 0 Å². The van der Waals surface area contributed by atoms with Crippen molar-refractivity contribution in [2.24, 2.45) is 0 Å². The molecule has 0 unspecified atom stereocenters. The molecule has 124 valence electrons. The van der Waals surface area contributed by atoms with Gasteiger partial charge in [-0.1, -0.05) is 29.8 Å². The van der Waals surface area contributed by atoms with E-state index >= 15 is 0 Å². The highest BCUT2D eigenvalue weighted by atomic mass is 35.5. The van der Waals surface area contributed by atoms with Crippen molar-refractivity contribution in [2.45, 2.75) is 25.3 Å². The Morgan fingerprint density at radius 2 is 2.04 bits per heavy atom. The minimum Gasteiger partial charge on any atom is -0.347 e. The molecule has 1 saturated heterocycles. The van der Waals surface area contributed by atoms with Gasteiger partial charge in [-0.3, -0.25) is 10.00 Å². The molecule has 3 aromatic rings. The minimum atomic E-state index is 0.534. The SMILES string of the molecule is Clc1ccccc1-c1cc(C2CCN(Cc3cnc[nH]3)CC2)[nH]n1. The zero-order valence-electron chi connectivity index (χ0n) is 13.4. The van der Waals surface area contributed by atoms with Crippen LogP contribution in [0.1, 0.15) is 30.1 Å². The zero-order chi connectivity index (χ0) is 16.4. The molecule has 0 aliphatic carbocycles. The molecule has 1 aliphatic heterocycles. The van der Waals surface area contributed by atoms with Gasteiger partial charge in [0.05, 0.1) is 17.0 Å². The van der Waals surface area contributed by atoms with E-state index in [4.69, 9.17) is 11.6 Å². The fourth-order valence-electron chi connectivity index (χ4n) is 3.37. The third-order valence-corrected chi connectivity index (χ3v) is 5.05. The second kappa shape index (κ2) is 6.79. The number of hydrogen-bond donors (Lipinski definition) is 2. The molecule has 3 heterocycles. The summed E-state index contributed by atoms with van der Waals surface area (Å²) in [6, 6.07) is 9.99. The first-order valence-electron chi connectivity index (χ1n) is 8.29. The highest BCUT2D eigenvalue weighted by Crippen LogP contribution is 2.31. The van der Waals surface area contributed by atoms with Crippen LogP contribution < -0.4 is 0 Å². The van der Waals surface area contributed by atoms with Gasteiger partial charge in [0.2, 0.25) is 0 Å². The smallest absolute Gasteiger partial charge is 0.0938 e. The number of aromatic nitrogens is 4. The van der Waals surface area contributed by atoms with Crippen LogP contribution in [-0.4, -0.2) is 38.2 Å². The molecular formula is C18H20ClN5. The second-order valence-corrected chi connectivity index (χ2v) is 6.72. The van der Waals surface area contributed by atoms with E-state index in [-0.39, 0.29) is 0 Å². The van der Waals surface area contributed by atoms with Crippen LogP contribution in [0.15, 0.2) is 42.9 Å². The van der Waals surface area contributed by atoms with Gasteiger partial charge in [-0.2, -0.15) is 5.10 Å². The summed E-state index contributed by atoms with van der Waals surface area (Å²) in [6.07, 6.45) is 5.91. The van der Waals surface area contributed by atoms with E-state index < -0.39 is 0 Å². The number of halogens is 1. The van der Waals surface area contributed by atoms with Crippen molar-refractivity contribution in [1.82, 2.24) is 25.1 Å². The molecule has 4 rings (SSSR count). The number of rotatable bonds is 4. The fraction of sp³-hybridized carbons (Fsp3) is 0.333. The van der Waals surface area contributed by atoms with Crippen LogP contribution in [0, 0.1) is 0 Å². The number of nitrogens with zero attached hydrogens (tertiary/aromatic N) is 3. The molecular weight excluding hydrogens is 322 g/mol. The van der Waals surface area contributed by atoms with Gasteiger partial charge in [-0.15, -0.1) is 0 Å². The average Bonchev–Trinajstić information content (AvgIpc) is 3.28. The van der Waals surface area contributed by atoms with Crippen LogP contribution in [0.25, 0.3) is 11.3 Å². The van der Waals surface area contributed by atoms with Gasteiger partial charge in [0, 0.05) is 35.6 Å². The number of piperidine rings is 1. The summed E-state index contributed by atoms with van der Waals surface area (Å²) in [7, 11) is 0. The summed E-state index contributed by atoms with van der Waals surface area (Å²) in [4.78, 5) is 9.72. The lowest BCUT2D eigenvalue weighted by molar-refractivity contribution is 0.201. The van der Waals surface area contributed by atoms with Crippen molar-refractivity contribution in [2.75, 3.05) is 13.1 Å². The van der Waals surface area contributed by atoms with Crippen molar-refractivity contribution in [3.05, 3.63) is 59.3 Å². The molecule has 0 atom stereocenters. The molecule has 6 heteroatoms. The van der Waals surface area contributed by atoms with E-state index in [0.29, 0.717) is 5.92 Å². The summed E-state index contributed by atoms with van der Waals surface area (Å²) in [5.74, 6) is 0.534. The van der Waals surface area contributed by atoms with Crippen molar-refractivity contribution in [3.8, 4) is 11.3 Å². The average molecular weight is 342 g/mol. The number of likely N-dealkylation sites (tertiary alicyclic amines) is 1. The first-order chi connectivity index (χ1) is 11.8. The summed E-state index contributed by atoms with van der Waals surface area (Å²) in [5, 5.41) is 8.42. The first kappa shape index (κ1) is 15.4. The first-order valence-corrected chi connectivity index (χ1v) is 8.67. The Balaban J connectivity index is 1.40. The number of imidazole rings is 1. The fourth-order valence-corrected chi connectivity index (χ4v) is 3.60. The molecule has 1 aliphatic rings. The molecule has 0 saturated carbocycles. The van der Waals surface area contributed by atoms with Crippen molar-refractivity contribution < 1.29 is 0 Å². The molecule has 2 N–H and O–H groups in total. The Morgan fingerprint density at radius 3 is 2.79 bits per heavy atom. The topological polar surface area (TPSA) is 60.6 Å². The summed E-state index contributed by atoms with van der Waals surface area (Å²) in [5.41, 5.74) is 4.30. The Labute approximate surface area is 146 Å². The van der Waals surface area contributed by atoms with Gasteiger partial charge in [0.25, 0.3) is 0 Å². The maximum absolute atomic E-state index is 6.27. The molecule has 1 aromatic carbocycles. The Bertz CT molecular complexity index is 787. The second-order valence-electron chi connectivity index (χ2n) is 6.32. The molecule has 0 radical (unpaired) electrons. The maximum Gasteiger partial charge on any atom is 0.0938 e. The molecule has 2 aromatic heterocycles. The predicted octanol–water partition coefficient (Wildman–Crippen LogP) is 3.83. The molecule has 0 amide bonds. The predicted molar refractivity (Wildman–Crippen MR) is 94.9 cm³/mol. The van der Waals surface area contributed by atoms with Gasteiger partial charge in [-0.05, 0) is 38.1 Å². The van der Waals surface area contributed by atoms with Crippen molar-refractivity contribution in [1.29, 1.82) is 0 Å². The molecule has 1 fully saturated rings. The van der Waals surface area contributed by atoms with Gasteiger partial charge in [-0.25, -0.2) is 4.98 Å². The Morgan fingerprint density at radius 1 is 1.21 bits per heavy atom. The van der Waals surface area contributed by atoms with E-state index in [9.17, 15) is 0 Å². The molecule has 5 nitrogen and oxygen atoms in total. The standard InChI is InChI=1S/C18H20ClN5/c19-16-4-2-1-3-15(16)18-9-17(22-23-18)13-5-7-24(8-6-13)11-14-10-20-12-21-14/h1-4,9-10,12-13H,5-8,11H2,(H,20,21)(H,22,23). The number of nitrogens with one attached hydrogen (secondary N) is 2. The van der Waals surface area contributed by atoms with Gasteiger partial charge in [0.15, 0.2) is 0 Å². The van der Waals surface area contributed by atoms with Crippen LogP contribution in [0.3, 0.4) is 0 Å². The Hall–Kier alpha value is -2.11. The molecule has 24 heavy (non-hydrogen) atoms. The van der Waals surface area contributed by atoms with E-state index in [0.717, 1.165) is 48.8 Å². The highest BCUT2D eigenvalue weighted by Gasteiger charge is 2.23. The third kappa shape index (κ3) is 3.23. The lowest BCUT2D eigenvalue weighted by Crippen LogP contribution is -2.32. The van der Waals surface area contributed by atoms with Gasteiger partial charge < -0.3 is 4.98 Å². The third-order valence-electron chi connectivity index (χ3n) is 4.72. The van der Waals surface area contributed by atoms with E-state index in [1.807, 2.05) is 30.5 Å². The Kier molecular flexibility index (Phi) is 4.36. The van der Waals surface area contributed by atoms with Crippen LogP contribution in [-0.2, 0) is 6.54 Å². The van der Waals surface area contributed by atoms with E-state index in [2.05, 4.69) is 31.1 Å². The van der Waals surface area contributed by atoms with Crippen LogP contribution in [0.2, 0.25) is 5.02 Å². The largest absolute Gasteiger partial charge is 0.347 e. The number of aromatic amines is 2. The van der Waals surface area contributed by atoms with Gasteiger partial charge >= 0.3 is 0 Å². The van der Waals surface area contributed by atoms with E-state index in [1.54, 1.807) is 6.33 Å². The van der Waals surface area contributed by atoms with Crippen LogP contribution >= 0.6 is 11.6 Å². The zero-order valence-corrected chi connectivity index (χ0v) is 14.1. The lowest BCUT2D eigenvalue weighted by atomic mass is 9.93. The number of hydrogen-bond acceptors (Lipinski definition) is 3. The monoisotopic (exact) mass is 341 g/mol. The van der Waals surface area contributed by atoms with E-state index in [1.165, 1.54) is 11.4 Å². The molecule has 0 bridgehead atoms. The normalized spacial score (nSPS) is 16.5. The van der Waals surface area contributed by atoms with Gasteiger partial charge in [0.1, 0.15) is 0 Å². The maximum atomic E-state index is 6.27. The lowest BCUT2D eigenvalue weighted by Gasteiger charge is -2.30. The summed E-state index contributed by atoms with van der Waals surface area (Å²) >= 11 is 6.27. The number of benzene rings is 1. The summed E-state index contributed by atoms with van der Waals surface area (Å²) < 4.78 is 0. The quantitative estimate of drug-likeness (QED) is 0.758. The molecule has 0 spiro atoms. The van der Waals surface area contributed by atoms with Crippen LogP contribution in [0.5, 0.6) is 0 Å². The summed E-state index contributed by atoms with van der Waals surface area (Å²) in [6.45, 7) is 3.12. The highest BCUT2D eigenvalue weighted by molar-refractivity contribution is 6.33. The van der Waals surface area contributed by atoms with Crippen molar-refractivity contribution >= 4 is 11.6 Å².